The van der Waals surface area contributed by atoms with Crippen molar-refractivity contribution in [2.24, 2.45) is 0 Å². The van der Waals surface area contributed by atoms with E-state index in [1.165, 1.54) is 0 Å². The molecule has 1 atom stereocenters. The molecule has 1 aliphatic heterocycles. The van der Waals surface area contributed by atoms with E-state index in [1.54, 1.807) is 0 Å². The van der Waals surface area contributed by atoms with Crippen molar-refractivity contribution >= 4 is 0 Å². The van der Waals surface area contributed by atoms with Gasteiger partial charge in [-0.1, -0.05) is 18.2 Å². The summed E-state index contributed by atoms with van der Waals surface area (Å²) in [6.07, 6.45) is -1.51. The lowest BCUT2D eigenvalue weighted by molar-refractivity contribution is 0.0179. The molecule has 18 heavy (non-hydrogen) atoms. The number of halogens is 2. The van der Waals surface area contributed by atoms with E-state index in [9.17, 15) is 8.78 Å². The summed E-state index contributed by atoms with van der Waals surface area (Å²) in [5.74, 6) is 0.898. The third kappa shape index (κ3) is 3.65. The van der Waals surface area contributed by atoms with Crippen LogP contribution in [-0.2, 0) is 4.74 Å². The van der Waals surface area contributed by atoms with Crippen molar-refractivity contribution < 1.29 is 18.3 Å². The molecule has 0 aliphatic carbocycles. The fourth-order valence-electron chi connectivity index (χ4n) is 2.03. The summed E-state index contributed by atoms with van der Waals surface area (Å²) in [6, 6.07) is 8.08. The average Bonchev–Trinajstić information content (AvgIpc) is 2.38. The van der Waals surface area contributed by atoms with Crippen LogP contribution >= 0.6 is 0 Å². The summed E-state index contributed by atoms with van der Waals surface area (Å²) in [4.78, 5) is 0. The number of nitrogens with one attached hydrogen (secondary N) is 1. The van der Waals surface area contributed by atoms with Crippen molar-refractivity contribution in [1.29, 1.82) is 0 Å². The first kappa shape index (κ1) is 13.2. The van der Waals surface area contributed by atoms with E-state index < -0.39 is 13.0 Å². The molecule has 1 N–H and O–H groups in total. The number of fused-ring (bicyclic) bond motifs is 1. The molecule has 0 saturated heterocycles. The summed E-state index contributed by atoms with van der Waals surface area (Å²) in [6.45, 7) is 1.04. The standard InChI is InChI=1S/C13H17F2NO2/c14-13(15)9-17-8-6-16-11-5-7-18-12-4-2-1-3-10(11)12/h1-4,11,13,16H,5-9H2. The monoisotopic (exact) mass is 257 g/mol. The van der Waals surface area contributed by atoms with Gasteiger partial charge in [0.05, 0.1) is 13.2 Å². The molecule has 1 aromatic carbocycles. The van der Waals surface area contributed by atoms with E-state index in [0.29, 0.717) is 19.8 Å². The molecule has 0 radical (unpaired) electrons. The fraction of sp³-hybridized carbons (Fsp3) is 0.538. The quantitative estimate of drug-likeness (QED) is 0.794. The van der Waals surface area contributed by atoms with E-state index in [0.717, 1.165) is 17.7 Å². The van der Waals surface area contributed by atoms with Gasteiger partial charge in [0, 0.05) is 24.6 Å². The van der Waals surface area contributed by atoms with Crippen LogP contribution in [0.1, 0.15) is 18.0 Å². The Morgan fingerprint density at radius 3 is 3.06 bits per heavy atom. The van der Waals surface area contributed by atoms with E-state index in [4.69, 9.17) is 9.47 Å². The second-order valence-corrected chi connectivity index (χ2v) is 4.15. The normalized spacial score (nSPS) is 18.5. The van der Waals surface area contributed by atoms with Gasteiger partial charge in [0.1, 0.15) is 12.4 Å². The minimum absolute atomic E-state index is 0.213. The summed E-state index contributed by atoms with van der Waals surface area (Å²) >= 11 is 0. The molecular formula is C13H17F2NO2. The van der Waals surface area contributed by atoms with Crippen LogP contribution in [0.25, 0.3) is 0 Å². The summed E-state index contributed by atoms with van der Waals surface area (Å²) in [7, 11) is 0. The lowest BCUT2D eigenvalue weighted by Crippen LogP contribution is -2.30. The molecule has 0 fully saturated rings. The van der Waals surface area contributed by atoms with Crippen LogP contribution < -0.4 is 10.1 Å². The maximum Gasteiger partial charge on any atom is 0.261 e. The van der Waals surface area contributed by atoms with Gasteiger partial charge in [-0.15, -0.1) is 0 Å². The Labute approximate surface area is 105 Å². The molecule has 0 amide bonds. The molecule has 0 spiro atoms. The number of ether oxygens (including phenoxy) is 2. The Balaban J connectivity index is 1.77. The van der Waals surface area contributed by atoms with Crippen LogP contribution in [0.2, 0.25) is 0 Å². The predicted octanol–water partition coefficient (Wildman–Crippen LogP) is 2.38. The third-order valence-electron chi connectivity index (χ3n) is 2.84. The number of alkyl halides is 2. The second-order valence-electron chi connectivity index (χ2n) is 4.15. The lowest BCUT2D eigenvalue weighted by atomic mass is 10.0. The largest absolute Gasteiger partial charge is 0.493 e. The predicted molar refractivity (Wildman–Crippen MR) is 64.1 cm³/mol. The molecule has 0 saturated carbocycles. The van der Waals surface area contributed by atoms with Gasteiger partial charge in [0.25, 0.3) is 6.43 Å². The van der Waals surface area contributed by atoms with Crippen LogP contribution in [0.15, 0.2) is 24.3 Å². The van der Waals surface area contributed by atoms with E-state index >= 15 is 0 Å². The average molecular weight is 257 g/mol. The number of benzene rings is 1. The topological polar surface area (TPSA) is 30.5 Å². The Kier molecular flexibility index (Phi) is 4.90. The number of rotatable bonds is 6. The highest BCUT2D eigenvalue weighted by atomic mass is 19.3. The third-order valence-corrected chi connectivity index (χ3v) is 2.84. The zero-order valence-corrected chi connectivity index (χ0v) is 10.1. The van der Waals surface area contributed by atoms with E-state index in [1.807, 2.05) is 24.3 Å². The summed E-state index contributed by atoms with van der Waals surface area (Å²) in [5, 5.41) is 3.30. The number of para-hydroxylation sites is 1. The molecule has 1 unspecified atom stereocenters. The smallest absolute Gasteiger partial charge is 0.261 e. The highest BCUT2D eigenvalue weighted by molar-refractivity contribution is 5.37. The minimum atomic E-state index is -2.39. The zero-order chi connectivity index (χ0) is 12.8. The van der Waals surface area contributed by atoms with E-state index in [2.05, 4.69) is 5.32 Å². The van der Waals surface area contributed by atoms with Crippen molar-refractivity contribution in [3.63, 3.8) is 0 Å². The molecular weight excluding hydrogens is 240 g/mol. The number of hydrogen-bond donors (Lipinski definition) is 1. The molecule has 3 nitrogen and oxygen atoms in total. The van der Waals surface area contributed by atoms with Gasteiger partial charge in [-0.05, 0) is 6.07 Å². The van der Waals surface area contributed by atoms with Crippen molar-refractivity contribution in [2.75, 3.05) is 26.4 Å². The van der Waals surface area contributed by atoms with Crippen LogP contribution in [0, 0.1) is 0 Å². The Morgan fingerprint density at radius 2 is 2.22 bits per heavy atom. The first-order chi connectivity index (χ1) is 8.77. The highest BCUT2D eigenvalue weighted by Gasteiger charge is 2.19. The summed E-state index contributed by atoms with van der Waals surface area (Å²) < 4.78 is 34.1. The minimum Gasteiger partial charge on any atom is -0.493 e. The highest BCUT2D eigenvalue weighted by Crippen LogP contribution is 2.31. The van der Waals surface area contributed by atoms with Crippen molar-refractivity contribution in [3.8, 4) is 5.75 Å². The first-order valence-electron chi connectivity index (χ1n) is 6.08. The van der Waals surface area contributed by atoms with Crippen molar-refractivity contribution in [3.05, 3.63) is 29.8 Å². The van der Waals surface area contributed by atoms with Gasteiger partial charge in [0.15, 0.2) is 0 Å². The van der Waals surface area contributed by atoms with Gasteiger partial charge in [-0.25, -0.2) is 8.78 Å². The molecule has 1 heterocycles. The molecule has 100 valence electrons. The lowest BCUT2D eigenvalue weighted by Gasteiger charge is -2.26. The number of hydrogen-bond acceptors (Lipinski definition) is 3. The Hall–Kier alpha value is -1.20. The molecule has 0 bridgehead atoms. The van der Waals surface area contributed by atoms with E-state index in [-0.39, 0.29) is 6.04 Å². The van der Waals surface area contributed by atoms with Crippen LogP contribution in [0.3, 0.4) is 0 Å². The van der Waals surface area contributed by atoms with Crippen LogP contribution in [0.4, 0.5) is 8.78 Å². The second kappa shape index (κ2) is 6.66. The van der Waals surface area contributed by atoms with Gasteiger partial charge in [-0.3, -0.25) is 0 Å². The molecule has 1 aliphatic rings. The van der Waals surface area contributed by atoms with Crippen molar-refractivity contribution in [1.82, 2.24) is 5.32 Å². The van der Waals surface area contributed by atoms with Gasteiger partial charge < -0.3 is 14.8 Å². The molecule has 2 rings (SSSR count). The Bertz CT molecular complexity index is 374. The van der Waals surface area contributed by atoms with Crippen molar-refractivity contribution in [2.45, 2.75) is 18.9 Å². The van der Waals surface area contributed by atoms with Gasteiger partial charge in [0.2, 0.25) is 0 Å². The van der Waals surface area contributed by atoms with Crippen LogP contribution in [0.5, 0.6) is 5.75 Å². The Morgan fingerprint density at radius 1 is 1.39 bits per heavy atom. The summed E-state index contributed by atoms with van der Waals surface area (Å²) in [5.41, 5.74) is 1.12. The van der Waals surface area contributed by atoms with Crippen LogP contribution in [-0.4, -0.2) is 32.8 Å². The maximum absolute atomic E-state index is 11.9. The molecule has 1 aromatic rings. The fourth-order valence-corrected chi connectivity index (χ4v) is 2.03. The first-order valence-corrected chi connectivity index (χ1v) is 6.08. The molecule has 5 heteroatoms. The SMILES string of the molecule is FC(F)COCCNC1CCOc2ccccc21. The molecule has 0 aromatic heterocycles. The van der Waals surface area contributed by atoms with Gasteiger partial charge in [-0.2, -0.15) is 0 Å². The van der Waals surface area contributed by atoms with Gasteiger partial charge >= 0.3 is 0 Å². The zero-order valence-electron chi connectivity index (χ0n) is 10.1. The maximum atomic E-state index is 11.9.